The first-order chi connectivity index (χ1) is 15.5. The third-order valence-corrected chi connectivity index (χ3v) is 5.62. The lowest BCUT2D eigenvalue weighted by molar-refractivity contribution is -0.133. The van der Waals surface area contributed by atoms with E-state index in [1.54, 1.807) is 0 Å². The van der Waals surface area contributed by atoms with E-state index in [1.165, 1.54) is 6.92 Å². The van der Waals surface area contributed by atoms with Crippen LogP contribution in [-0.2, 0) is 27.2 Å². The van der Waals surface area contributed by atoms with Gasteiger partial charge in [0.05, 0.1) is 6.07 Å². The van der Waals surface area contributed by atoms with Gasteiger partial charge in [-0.1, -0.05) is 50.1 Å². The molecule has 3 rings (SSSR count). The van der Waals surface area contributed by atoms with E-state index in [0.717, 1.165) is 47.9 Å². The van der Waals surface area contributed by atoms with E-state index < -0.39 is 12.1 Å². The van der Waals surface area contributed by atoms with Crippen LogP contribution >= 0.6 is 0 Å². The summed E-state index contributed by atoms with van der Waals surface area (Å²) in [7, 11) is 0. The average molecular weight is 435 g/mol. The van der Waals surface area contributed by atoms with E-state index in [2.05, 4.69) is 11.4 Å². The lowest BCUT2D eigenvalue weighted by Crippen LogP contribution is -2.42. The Bertz CT molecular complexity index is 970. The number of aryl methyl sites for hydroxylation is 1. The lowest BCUT2D eigenvalue weighted by atomic mass is 9.98. The molecule has 2 atom stereocenters. The first kappa shape index (κ1) is 23.5. The van der Waals surface area contributed by atoms with Gasteiger partial charge < -0.3 is 14.8 Å². The number of amides is 1. The molecule has 1 fully saturated rings. The Morgan fingerprint density at radius 3 is 2.59 bits per heavy atom. The van der Waals surface area contributed by atoms with Crippen molar-refractivity contribution < 1.29 is 19.1 Å². The van der Waals surface area contributed by atoms with Gasteiger partial charge in [0, 0.05) is 20.0 Å². The van der Waals surface area contributed by atoms with E-state index in [1.807, 2.05) is 49.4 Å². The number of hydrogen-bond donors (Lipinski definition) is 1. The number of nitriles is 1. The van der Waals surface area contributed by atoms with Crippen molar-refractivity contribution >= 4 is 11.9 Å². The summed E-state index contributed by atoms with van der Waals surface area (Å²) in [6, 6.07) is 15.3. The summed E-state index contributed by atoms with van der Waals surface area (Å²) in [6.45, 7) is 4.01. The molecule has 2 aromatic rings. The number of esters is 1. The van der Waals surface area contributed by atoms with Gasteiger partial charge in [0.15, 0.2) is 0 Å². The molecule has 1 aliphatic rings. The Morgan fingerprint density at radius 2 is 1.91 bits per heavy atom. The number of carbonyl (C=O) groups excluding carboxylic acids is 2. The summed E-state index contributed by atoms with van der Waals surface area (Å²) in [5.74, 6) is 0.0576. The molecule has 6 heteroatoms. The molecular formula is C26H30N2O4. The predicted octanol–water partition coefficient (Wildman–Crippen LogP) is 4.35. The highest BCUT2D eigenvalue weighted by Crippen LogP contribution is 2.28. The summed E-state index contributed by atoms with van der Waals surface area (Å²) >= 11 is 0. The largest absolute Gasteiger partial charge is 0.426 e. The van der Waals surface area contributed by atoms with Crippen LogP contribution < -0.4 is 10.1 Å². The third-order valence-electron chi connectivity index (χ3n) is 5.62. The zero-order chi connectivity index (χ0) is 22.9. The molecule has 6 nitrogen and oxygen atoms in total. The van der Waals surface area contributed by atoms with Crippen LogP contribution in [0.4, 0.5) is 0 Å². The molecule has 0 aliphatic carbocycles. The van der Waals surface area contributed by atoms with Gasteiger partial charge in [-0.3, -0.25) is 9.59 Å². The summed E-state index contributed by atoms with van der Waals surface area (Å²) in [4.78, 5) is 23.8. The molecule has 0 unspecified atom stereocenters. The molecule has 32 heavy (non-hydrogen) atoms. The molecule has 0 aromatic heterocycles. The topological polar surface area (TPSA) is 88.4 Å². The van der Waals surface area contributed by atoms with Crippen molar-refractivity contribution in [2.24, 2.45) is 0 Å². The Morgan fingerprint density at radius 1 is 1.16 bits per heavy atom. The van der Waals surface area contributed by atoms with E-state index in [4.69, 9.17) is 9.47 Å². The Labute approximate surface area is 189 Å². The first-order valence-electron chi connectivity index (χ1n) is 11.2. The normalized spacial score (nSPS) is 17.0. The van der Waals surface area contributed by atoms with Crippen LogP contribution in [0.3, 0.4) is 0 Å². The van der Waals surface area contributed by atoms with Gasteiger partial charge in [-0.25, -0.2) is 0 Å². The third kappa shape index (κ3) is 6.41. The highest BCUT2D eigenvalue weighted by Gasteiger charge is 2.23. The highest BCUT2D eigenvalue weighted by molar-refractivity contribution is 5.81. The van der Waals surface area contributed by atoms with E-state index in [-0.39, 0.29) is 11.9 Å². The average Bonchev–Trinajstić information content (AvgIpc) is 3.09. The summed E-state index contributed by atoms with van der Waals surface area (Å²) in [6.07, 6.45) is 4.45. The van der Waals surface area contributed by atoms with Gasteiger partial charge in [-0.2, -0.15) is 5.26 Å². The number of benzene rings is 2. The number of hydrogen-bond acceptors (Lipinski definition) is 5. The molecule has 0 bridgehead atoms. The fourth-order valence-electron chi connectivity index (χ4n) is 3.88. The van der Waals surface area contributed by atoms with Crippen LogP contribution in [0.2, 0.25) is 0 Å². The maximum absolute atomic E-state index is 12.5. The van der Waals surface area contributed by atoms with Crippen molar-refractivity contribution in [1.29, 1.82) is 5.26 Å². The molecule has 2 aromatic carbocycles. The molecule has 0 saturated carbocycles. The van der Waals surface area contributed by atoms with Crippen molar-refractivity contribution in [3.8, 4) is 22.9 Å². The van der Waals surface area contributed by atoms with Gasteiger partial charge in [0.25, 0.3) is 0 Å². The van der Waals surface area contributed by atoms with Crippen molar-refractivity contribution in [2.45, 2.75) is 64.5 Å². The van der Waals surface area contributed by atoms with Crippen molar-refractivity contribution in [3.63, 3.8) is 0 Å². The number of rotatable bonds is 7. The number of carbonyl (C=O) groups is 2. The van der Waals surface area contributed by atoms with Crippen molar-refractivity contribution in [3.05, 3.63) is 53.6 Å². The Hall–Kier alpha value is -3.17. The molecule has 1 aliphatic heterocycles. The van der Waals surface area contributed by atoms with E-state index >= 15 is 0 Å². The van der Waals surface area contributed by atoms with Gasteiger partial charge in [-0.15, -0.1) is 0 Å². The zero-order valence-electron chi connectivity index (χ0n) is 18.7. The van der Waals surface area contributed by atoms with Gasteiger partial charge in [0.2, 0.25) is 5.91 Å². The number of nitrogens with zero attached hydrogens (tertiary/aromatic N) is 1. The number of ether oxygens (including phenoxy) is 2. The molecule has 1 saturated heterocycles. The maximum Gasteiger partial charge on any atom is 0.308 e. The Kier molecular flexibility index (Phi) is 8.41. The van der Waals surface area contributed by atoms with Crippen LogP contribution in [0.5, 0.6) is 5.75 Å². The smallest absolute Gasteiger partial charge is 0.308 e. The lowest BCUT2D eigenvalue weighted by Gasteiger charge is -2.18. The summed E-state index contributed by atoms with van der Waals surface area (Å²) in [5.41, 5.74) is 3.99. The molecule has 1 heterocycles. The summed E-state index contributed by atoms with van der Waals surface area (Å²) in [5, 5.41) is 12.4. The fourth-order valence-corrected chi connectivity index (χ4v) is 3.88. The highest BCUT2D eigenvalue weighted by atomic mass is 16.5. The van der Waals surface area contributed by atoms with Crippen LogP contribution in [0, 0.1) is 11.3 Å². The van der Waals surface area contributed by atoms with Crippen LogP contribution in [0.15, 0.2) is 42.5 Å². The number of nitrogens with one attached hydrogen (secondary N) is 1. The minimum Gasteiger partial charge on any atom is -0.426 e. The Balaban J connectivity index is 1.65. The van der Waals surface area contributed by atoms with E-state index in [9.17, 15) is 14.9 Å². The SMILES string of the molecule is CCc1cc(-c2ccc(C[C@H](C#N)NC(=O)[C@H]3CCCCCO3)cc2)ccc1OC(C)=O. The second-order valence-electron chi connectivity index (χ2n) is 8.07. The maximum atomic E-state index is 12.5. The molecule has 0 radical (unpaired) electrons. The molecule has 1 amide bonds. The van der Waals surface area contributed by atoms with Gasteiger partial charge in [-0.05, 0) is 53.6 Å². The monoisotopic (exact) mass is 434 g/mol. The zero-order valence-corrected chi connectivity index (χ0v) is 18.7. The molecule has 168 valence electrons. The quantitative estimate of drug-likeness (QED) is 0.517. The molecular weight excluding hydrogens is 404 g/mol. The second kappa shape index (κ2) is 11.4. The predicted molar refractivity (Wildman–Crippen MR) is 122 cm³/mol. The molecule has 0 spiro atoms. The van der Waals surface area contributed by atoms with Crippen LogP contribution in [0.1, 0.15) is 50.7 Å². The fraction of sp³-hybridized carbons (Fsp3) is 0.423. The minimum absolute atomic E-state index is 0.199. The summed E-state index contributed by atoms with van der Waals surface area (Å²) < 4.78 is 10.9. The van der Waals surface area contributed by atoms with E-state index in [0.29, 0.717) is 25.2 Å². The molecule has 1 N–H and O–H groups in total. The van der Waals surface area contributed by atoms with Crippen molar-refractivity contribution in [2.75, 3.05) is 6.61 Å². The van der Waals surface area contributed by atoms with Crippen LogP contribution in [-0.4, -0.2) is 30.6 Å². The van der Waals surface area contributed by atoms with Crippen LogP contribution in [0.25, 0.3) is 11.1 Å². The minimum atomic E-state index is -0.602. The van der Waals surface area contributed by atoms with Gasteiger partial charge in [0.1, 0.15) is 17.9 Å². The second-order valence-corrected chi connectivity index (χ2v) is 8.07. The van der Waals surface area contributed by atoms with Gasteiger partial charge >= 0.3 is 5.97 Å². The van der Waals surface area contributed by atoms with Crippen molar-refractivity contribution in [1.82, 2.24) is 5.32 Å². The standard InChI is InChI=1S/C26H30N2O4/c1-3-20-16-22(12-13-24(20)32-18(2)29)21-10-8-19(9-11-21)15-23(17-27)28-26(30)25-7-5-4-6-14-31-25/h8-13,16,23,25H,3-7,14-15H2,1-2H3,(H,28,30)/t23-,25-/m1/s1. The first-order valence-corrected chi connectivity index (χ1v) is 11.2.